The van der Waals surface area contributed by atoms with Gasteiger partial charge in [-0.2, -0.15) is 10.5 Å². The third-order valence-corrected chi connectivity index (χ3v) is 3.73. The first-order valence-electron chi connectivity index (χ1n) is 6.02. The van der Waals surface area contributed by atoms with E-state index in [1.54, 1.807) is 12.1 Å². The Morgan fingerprint density at radius 2 is 1.75 bits per heavy atom. The summed E-state index contributed by atoms with van der Waals surface area (Å²) in [6.45, 7) is 0. The van der Waals surface area contributed by atoms with Crippen molar-refractivity contribution in [3.8, 4) is 12.1 Å². The van der Waals surface area contributed by atoms with Crippen molar-refractivity contribution in [3.05, 3.63) is 59.2 Å². The van der Waals surface area contributed by atoms with E-state index in [9.17, 15) is 5.26 Å². The van der Waals surface area contributed by atoms with E-state index in [-0.39, 0.29) is 0 Å². The number of anilines is 2. The number of hydrogen-bond acceptors (Lipinski definition) is 3. The van der Waals surface area contributed by atoms with Crippen LogP contribution in [0, 0.1) is 22.7 Å². The number of nitrogens with zero attached hydrogens (tertiary/aromatic N) is 3. The average molecular weight is 326 g/mol. The van der Waals surface area contributed by atoms with Crippen LogP contribution in [0.3, 0.4) is 0 Å². The lowest BCUT2D eigenvalue weighted by Gasteiger charge is -2.21. The third-order valence-electron chi connectivity index (χ3n) is 3.08. The van der Waals surface area contributed by atoms with Crippen molar-refractivity contribution in [1.82, 2.24) is 0 Å². The molecule has 0 bridgehead atoms. The van der Waals surface area contributed by atoms with E-state index in [2.05, 4.69) is 28.1 Å². The number of nitriles is 2. The molecule has 0 aliphatic rings. The summed E-state index contributed by atoms with van der Waals surface area (Å²) in [6, 6.07) is 17.4. The zero-order valence-electron chi connectivity index (χ0n) is 11.0. The number of alkyl halides is 1. The number of rotatable bonds is 3. The molecule has 0 spiro atoms. The summed E-state index contributed by atoms with van der Waals surface area (Å²) in [5.41, 5.74) is 4.11. The largest absolute Gasteiger partial charge is 0.344 e. The summed E-state index contributed by atoms with van der Waals surface area (Å²) in [4.78, 5) is 1.94. The fraction of sp³-hybridized carbons (Fsp3) is 0.125. The predicted molar refractivity (Wildman–Crippen MR) is 83.0 cm³/mol. The molecular weight excluding hydrogens is 314 g/mol. The molecule has 0 aliphatic heterocycles. The van der Waals surface area contributed by atoms with Gasteiger partial charge in [-0.3, -0.25) is 0 Å². The standard InChI is InChI=1S/C16H12BrN3/c1-20(15-5-2-12(10-18)3-6-15)16-7-4-13(9-17)8-14(16)11-19/h2-8H,9H2,1H3. The Balaban J connectivity index is 2.40. The summed E-state index contributed by atoms with van der Waals surface area (Å²) in [5.74, 6) is 0. The van der Waals surface area contributed by atoms with Gasteiger partial charge in [0.05, 0.1) is 22.9 Å². The van der Waals surface area contributed by atoms with Gasteiger partial charge in [-0.25, -0.2) is 0 Å². The highest BCUT2D eigenvalue weighted by molar-refractivity contribution is 9.08. The van der Waals surface area contributed by atoms with Gasteiger partial charge >= 0.3 is 0 Å². The van der Waals surface area contributed by atoms with Gasteiger partial charge in [-0.1, -0.05) is 22.0 Å². The number of benzene rings is 2. The molecule has 0 fully saturated rings. The van der Waals surface area contributed by atoms with E-state index in [0.29, 0.717) is 11.1 Å². The van der Waals surface area contributed by atoms with Crippen molar-refractivity contribution < 1.29 is 0 Å². The van der Waals surface area contributed by atoms with Crippen molar-refractivity contribution >= 4 is 27.3 Å². The summed E-state index contributed by atoms with van der Waals surface area (Å²) in [5, 5.41) is 18.8. The molecule has 0 atom stereocenters. The van der Waals surface area contributed by atoms with E-state index < -0.39 is 0 Å². The lowest BCUT2D eigenvalue weighted by atomic mass is 10.1. The minimum absolute atomic E-state index is 0.622. The van der Waals surface area contributed by atoms with Crippen LogP contribution in [-0.4, -0.2) is 7.05 Å². The molecule has 0 saturated heterocycles. The summed E-state index contributed by atoms with van der Waals surface area (Å²) in [6.07, 6.45) is 0. The molecule has 0 unspecified atom stereocenters. The molecule has 0 amide bonds. The molecule has 98 valence electrons. The molecule has 0 N–H and O–H groups in total. The van der Waals surface area contributed by atoms with Gasteiger partial charge in [0.25, 0.3) is 0 Å². The lowest BCUT2D eigenvalue weighted by Crippen LogP contribution is -2.11. The molecule has 2 aromatic carbocycles. The second-order valence-corrected chi connectivity index (χ2v) is 4.88. The summed E-state index contributed by atoms with van der Waals surface area (Å²) in [7, 11) is 1.91. The second kappa shape index (κ2) is 6.23. The first-order chi connectivity index (χ1) is 9.69. The highest BCUT2D eigenvalue weighted by atomic mass is 79.9. The van der Waals surface area contributed by atoms with Gasteiger partial charge in [-0.05, 0) is 42.0 Å². The van der Waals surface area contributed by atoms with Gasteiger partial charge < -0.3 is 4.90 Å². The molecule has 2 rings (SSSR count). The predicted octanol–water partition coefficient (Wildman–Crippen LogP) is 4.09. The molecule has 0 saturated carbocycles. The monoisotopic (exact) mass is 325 g/mol. The maximum atomic E-state index is 9.28. The van der Waals surface area contributed by atoms with Crippen molar-refractivity contribution in [3.63, 3.8) is 0 Å². The van der Waals surface area contributed by atoms with E-state index in [4.69, 9.17) is 5.26 Å². The van der Waals surface area contributed by atoms with Gasteiger partial charge in [0, 0.05) is 18.1 Å². The van der Waals surface area contributed by atoms with Crippen LogP contribution < -0.4 is 4.90 Å². The Hall–Kier alpha value is -2.30. The molecular formula is C16H12BrN3. The highest BCUT2D eigenvalue weighted by Gasteiger charge is 2.10. The van der Waals surface area contributed by atoms with Crippen LogP contribution in [0.25, 0.3) is 0 Å². The number of halogens is 1. The highest BCUT2D eigenvalue weighted by Crippen LogP contribution is 2.28. The van der Waals surface area contributed by atoms with Gasteiger partial charge in [0.1, 0.15) is 6.07 Å². The Bertz CT molecular complexity index is 693. The molecule has 0 aliphatic carbocycles. The third kappa shape index (κ3) is 2.82. The summed E-state index contributed by atoms with van der Waals surface area (Å²) >= 11 is 3.39. The van der Waals surface area contributed by atoms with Crippen molar-refractivity contribution in [2.45, 2.75) is 5.33 Å². The van der Waals surface area contributed by atoms with Crippen LogP contribution in [0.1, 0.15) is 16.7 Å². The quantitative estimate of drug-likeness (QED) is 0.798. The topological polar surface area (TPSA) is 50.8 Å². The van der Waals surface area contributed by atoms with Crippen LogP contribution in [0.15, 0.2) is 42.5 Å². The molecule has 3 nitrogen and oxygen atoms in total. The van der Waals surface area contributed by atoms with Crippen LogP contribution in [0.5, 0.6) is 0 Å². The van der Waals surface area contributed by atoms with E-state index in [1.807, 2.05) is 42.3 Å². The molecule has 2 aromatic rings. The lowest BCUT2D eigenvalue weighted by molar-refractivity contribution is 1.19. The Kier molecular flexibility index (Phi) is 4.40. The van der Waals surface area contributed by atoms with Crippen molar-refractivity contribution in [1.29, 1.82) is 10.5 Å². The van der Waals surface area contributed by atoms with E-state index >= 15 is 0 Å². The van der Waals surface area contributed by atoms with Gasteiger partial charge in [0.15, 0.2) is 0 Å². The van der Waals surface area contributed by atoms with Crippen LogP contribution in [0.2, 0.25) is 0 Å². The normalized spacial score (nSPS) is 9.60. The zero-order valence-corrected chi connectivity index (χ0v) is 12.6. The average Bonchev–Trinajstić information content (AvgIpc) is 2.53. The minimum Gasteiger partial charge on any atom is -0.344 e. The summed E-state index contributed by atoms with van der Waals surface area (Å²) < 4.78 is 0. The first-order valence-corrected chi connectivity index (χ1v) is 7.14. The maximum Gasteiger partial charge on any atom is 0.101 e. The Morgan fingerprint density at radius 1 is 1.05 bits per heavy atom. The van der Waals surface area contributed by atoms with Crippen LogP contribution in [0.4, 0.5) is 11.4 Å². The maximum absolute atomic E-state index is 9.28. The zero-order chi connectivity index (χ0) is 14.5. The SMILES string of the molecule is CN(c1ccc(C#N)cc1)c1ccc(CBr)cc1C#N. The molecule has 4 heteroatoms. The van der Waals surface area contributed by atoms with Crippen molar-refractivity contribution in [2.75, 3.05) is 11.9 Å². The van der Waals surface area contributed by atoms with Gasteiger partial charge in [0.2, 0.25) is 0 Å². The molecule has 0 aromatic heterocycles. The van der Waals surface area contributed by atoms with Crippen molar-refractivity contribution in [2.24, 2.45) is 0 Å². The fourth-order valence-electron chi connectivity index (χ4n) is 1.95. The van der Waals surface area contributed by atoms with Crippen LogP contribution in [-0.2, 0) is 5.33 Å². The van der Waals surface area contributed by atoms with Crippen LogP contribution >= 0.6 is 15.9 Å². The molecule has 0 heterocycles. The Labute approximate surface area is 126 Å². The molecule has 20 heavy (non-hydrogen) atoms. The Morgan fingerprint density at radius 3 is 2.30 bits per heavy atom. The number of hydrogen-bond donors (Lipinski definition) is 0. The van der Waals surface area contributed by atoms with E-state index in [1.165, 1.54) is 0 Å². The molecule has 0 radical (unpaired) electrons. The smallest absolute Gasteiger partial charge is 0.101 e. The fourth-order valence-corrected chi connectivity index (χ4v) is 2.30. The minimum atomic E-state index is 0.622. The van der Waals surface area contributed by atoms with E-state index in [0.717, 1.165) is 22.3 Å². The first kappa shape index (κ1) is 14.1. The van der Waals surface area contributed by atoms with Gasteiger partial charge in [-0.15, -0.1) is 0 Å². The second-order valence-electron chi connectivity index (χ2n) is 4.31.